The molecule has 0 saturated carbocycles. The van der Waals surface area contributed by atoms with Crippen LogP contribution < -0.4 is 10.6 Å². The minimum atomic E-state index is -0.659. The summed E-state index contributed by atoms with van der Waals surface area (Å²) in [5, 5.41) is 8.20. The maximum atomic E-state index is 14.0. The van der Waals surface area contributed by atoms with Gasteiger partial charge in [-0.05, 0) is 29.0 Å². The van der Waals surface area contributed by atoms with E-state index in [0.29, 0.717) is 37.2 Å². The predicted octanol–water partition coefficient (Wildman–Crippen LogP) is 3.77. The van der Waals surface area contributed by atoms with Gasteiger partial charge in [0.2, 0.25) is 0 Å². The zero-order chi connectivity index (χ0) is 20.0. The Kier molecular flexibility index (Phi) is 4.01. The normalized spacial score (nSPS) is 17.6. The van der Waals surface area contributed by atoms with Crippen LogP contribution in [0.1, 0.15) is 33.6 Å². The van der Waals surface area contributed by atoms with Crippen LogP contribution in [0.25, 0.3) is 10.8 Å². The molecular weight excluding hydrogens is 369 g/mol. The Labute approximate surface area is 167 Å². The smallest absolute Gasteiger partial charge is 0.258 e. The molecule has 0 bridgehead atoms. The second kappa shape index (κ2) is 6.58. The Morgan fingerprint density at radius 3 is 2.48 bits per heavy atom. The van der Waals surface area contributed by atoms with E-state index in [1.807, 2.05) is 47.4 Å². The van der Waals surface area contributed by atoms with E-state index in [2.05, 4.69) is 10.6 Å². The molecule has 1 fully saturated rings. The van der Waals surface area contributed by atoms with Crippen LogP contribution in [-0.2, 0) is 0 Å². The molecule has 2 aliphatic heterocycles. The van der Waals surface area contributed by atoms with Gasteiger partial charge < -0.3 is 15.5 Å². The second-order valence-electron chi connectivity index (χ2n) is 7.64. The van der Waals surface area contributed by atoms with E-state index >= 15 is 0 Å². The lowest BCUT2D eigenvalue weighted by atomic mass is 9.91. The Morgan fingerprint density at radius 2 is 1.66 bits per heavy atom. The summed E-state index contributed by atoms with van der Waals surface area (Å²) in [6, 6.07) is 18.2. The number of nitrogens with one attached hydrogen (secondary N) is 2. The quantitative estimate of drug-likeness (QED) is 0.666. The largest absolute Gasteiger partial charge is 0.362 e. The maximum Gasteiger partial charge on any atom is 0.258 e. The zero-order valence-corrected chi connectivity index (χ0v) is 15.7. The van der Waals surface area contributed by atoms with Crippen molar-refractivity contribution in [1.29, 1.82) is 0 Å². The Morgan fingerprint density at radius 1 is 0.931 bits per heavy atom. The summed E-state index contributed by atoms with van der Waals surface area (Å²) in [5.74, 6) is -0.957. The number of carbonyl (C=O) groups excluding carboxylic acids is 2. The fraction of sp³-hybridized carbons (Fsp3) is 0.217. The fourth-order valence-electron chi connectivity index (χ4n) is 4.35. The molecule has 0 atom stereocenters. The maximum absolute atomic E-state index is 14.0. The number of hydrogen-bond donors (Lipinski definition) is 2. The minimum Gasteiger partial charge on any atom is -0.362 e. The molecule has 5 nitrogen and oxygen atoms in total. The van der Waals surface area contributed by atoms with E-state index in [1.165, 1.54) is 6.07 Å². The third kappa shape index (κ3) is 2.92. The van der Waals surface area contributed by atoms with Crippen LogP contribution in [0.4, 0.5) is 10.1 Å². The molecule has 2 N–H and O–H groups in total. The van der Waals surface area contributed by atoms with Crippen molar-refractivity contribution in [2.24, 2.45) is 0 Å². The molecule has 29 heavy (non-hydrogen) atoms. The molecular formula is C23H20FN3O2. The van der Waals surface area contributed by atoms with E-state index in [4.69, 9.17) is 0 Å². The molecule has 2 amide bonds. The molecule has 2 heterocycles. The molecule has 1 saturated heterocycles. The standard InChI is InChI=1S/C23H20FN3O2/c24-18-9-4-10-19-20(18)21(28)26-23(25-19)11-13-27(14-12-23)22(29)17-8-3-6-15-5-1-2-7-16(15)17/h1-10,25H,11-14H2,(H,26,28). The molecule has 1 spiro atoms. The average Bonchev–Trinajstić information content (AvgIpc) is 2.73. The number of likely N-dealkylation sites (tertiary alicyclic amines) is 1. The van der Waals surface area contributed by atoms with Crippen molar-refractivity contribution in [3.8, 4) is 0 Å². The van der Waals surface area contributed by atoms with Crippen molar-refractivity contribution in [3.05, 3.63) is 77.6 Å². The number of nitrogens with zero attached hydrogens (tertiary/aromatic N) is 1. The lowest BCUT2D eigenvalue weighted by Gasteiger charge is -2.46. The van der Waals surface area contributed by atoms with Gasteiger partial charge in [0.15, 0.2) is 0 Å². The van der Waals surface area contributed by atoms with E-state index < -0.39 is 17.4 Å². The number of hydrogen-bond acceptors (Lipinski definition) is 3. The molecule has 2 aliphatic rings. The lowest BCUT2D eigenvalue weighted by Crippen LogP contribution is -2.62. The van der Waals surface area contributed by atoms with Gasteiger partial charge in [0.05, 0.1) is 11.3 Å². The van der Waals surface area contributed by atoms with Crippen LogP contribution >= 0.6 is 0 Å². The number of carbonyl (C=O) groups is 2. The van der Waals surface area contributed by atoms with E-state index in [1.54, 1.807) is 12.1 Å². The topological polar surface area (TPSA) is 61.4 Å². The first kappa shape index (κ1) is 17.7. The van der Waals surface area contributed by atoms with Crippen LogP contribution in [0.2, 0.25) is 0 Å². The average molecular weight is 389 g/mol. The van der Waals surface area contributed by atoms with Crippen molar-refractivity contribution < 1.29 is 14.0 Å². The summed E-state index contributed by atoms with van der Waals surface area (Å²) in [4.78, 5) is 27.5. The van der Waals surface area contributed by atoms with Gasteiger partial charge in [-0.25, -0.2) is 4.39 Å². The van der Waals surface area contributed by atoms with Crippen LogP contribution in [0.5, 0.6) is 0 Å². The number of anilines is 1. The number of benzene rings is 3. The van der Waals surface area contributed by atoms with Crippen LogP contribution in [0.15, 0.2) is 60.7 Å². The Balaban J connectivity index is 1.37. The van der Waals surface area contributed by atoms with Gasteiger partial charge in [0, 0.05) is 31.5 Å². The Hall–Kier alpha value is -3.41. The molecule has 0 aromatic heterocycles. The molecule has 6 heteroatoms. The molecule has 5 rings (SSSR count). The first-order valence-electron chi connectivity index (χ1n) is 9.73. The molecule has 0 unspecified atom stereocenters. The molecule has 3 aromatic rings. The molecule has 3 aromatic carbocycles. The van der Waals surface area contributed by atoms with Crippen molar-refractivity contribution >= 4 is 28.3 Å². The summed E-state index contributed by atoms with van der Waals surface area (Å²) in [7, 11) is 0. The van der Waals surface area contributed by atoms with Gasteiger partial charge in [0.25, 0.3) is 11.8 Å². The van der Waals surface area contributed by atoms with Gasteiger partial charge in [0.1, 0.15) is 11.5 Å². The predicted molar refractivity (Wildman–Crippen MR) is 109 cm³/mol. The van der Waals surface area contributed by atoms with Crippen molar-refractivity contribution in [2.45, 2.75) is 18.5 Å². The van der Waals surface area contributed by atoms with Crippen LogP contribution in [0.3, 0.4) is 0 Å². The van der Waals surface area contributed by atoms with Gasteiger partial charge >= 0.3 is 0 Å². The number of fused-ring (bicyclic) bond motifs is 2. The monoisotopic (exact) mass is 389 g/mol. The number of rotatable bonds is 1. The van der Waals surface area contributed by atoms with Gasteiger partial charge in [-0.3, -0.25) is 9.59 Å². The number of piperidine rings is 1. The van der Waals surface area contributed by atoms with Crippen molar-refractivity contribution in [2.75, 3.05) is 18.4 Å². The number of amides is 2. The Bertz CT molecular complexity index is 1130. The van der Waals surface area contributed by atoms with Crippen LogP contribution in [-0.4, -0.2) is 35.5 Å². The highest BCUT2D eigenvalue weighted by atomic mass is 19.1. The van der Waals surface area contributed by atoms with Gasteiger partial charge in [-0.15, -0.1) is 0 Å². The first-order valence-corrected chi connectivity index (χ1v) is 9.73. The van der Waals surface area contributed by atoms with Gasteiger partial charge in [-0.2, -0.15) is 0 Å². The van der Waals surface area contributed by atoms with Crippen LogP contribution in [0, 0.1) is 5.82 Å². The lowest BCUT2D eigenvalue weighted by molar-refractivity contribution is 0.0640. The van der Waals surface area contributed by atoms with E-state index in [-0.39, 0.29) is 11.5 Å². The highest BCUT2D eigenvalue weighted by molar-refractivity contribution is 6.07. The summed E-state index contributed by atoms with van der Waals surface area (Å²) in [5.41, 5.74) is 0.579. The van der Waals surface area contributed by atoms with Crippen molar-refractivity contribution in [3.63, 3.8) is 0 Å². The molecule has 146 valence electrons. The summed E-state index contributed by atoms with van der Waals surface area (Å²) in [6.07, 6.45) is 1.09. The highest BCUT2D eigenvalue weighted by Gasteiger charge is 2.42. The molecule has 0 radical (unpaired) electrons. The van der Waals surface area contributed by atoms with Gasteiger partial charge in [-0.1, -0.05) is 42.5 Å². The summed E-state index contributed by atoms with van der Waals surface area (Å²) >= 11 is 0. The first-order chi connectivity index (χ1) is 14.1. The second-order valence-corrected chi connectivity index (χ2v) is 7.64. The minimum absolute atomic E-state index is 0.00905. The zero-order valence-electron chi connectivity index (χ0n) is 15.7. The van der Waals surface area contributed by atoms with E-state index in [0.717, 1.165) is 10.8 Å². The summed E-state index contributed by atoms with van der Waals surface area (Å²) < 4.78 is 14.0. The summed E-state index contributed by atoms with van der Waals surface area (Å²) in [6.45, 7) is 1.000. The third-order valence-electron chi connectivity index (χ3n) is 5.89. The molecule has 0 aliphatic carbocycles. The fourth-order valence-corrected chi connectivity index (χ4v) is 4.35. The van der Waals surface area contributed by atoms with E-state index in [9.17, 15) is 14.0 Å². The highest BCUT2D eigenvalue weighted by Crippen LogP contribution is 2.33. The third-order valence-corrected chi connectivity index (χ3v) is 5.89. The number of halogens is 1. The SMILES string of the molecule is O=C1NC2(CCN(C(=O)c3cccc4ccccc34)CC2)Nc2cccc(F)c21. The van der Waals surface area contributed by atoms with Crippen molar-refractivity contribution in [1.82, 2.24) is 10.2 Å².